The first-order valence-electron chi connectivity index (χ1n) is 4.71. The molecule has 0 aliphatic carbocycles. The predicted octanol–water partition coefficient (Wildman–Crippen LogP) is 1.98. The lowest BCUT2D eigenvalue weighted by Gasteiger charge is -2.01. The molecule has 1 aromatic heterocycles. The Morgan fingerprint density at radius 2 is 2.20 bits per heavy atom. The van der Waals surface area contributed by atoms with Crippen molar-refractivity contribution in [3.8, 4) is 11.3 Å². The molecule has 1 heterocycles. The third kappa shape index (κ3) is 1.89. The molecule has 0 radical (unpaired) electrons. The Kier molecular flexibility index (Phi) is 2.51. The Morgan fingerprint density at radius 1 is 1.40 bits per heavy atom. The van der Waals surface area contributed by atoms with Gasteiger partial charge in [0.05, 0.1) is 5.69 Å². The highest BCUT2D eigenvalue weighted by Crippen LogP contribution is 2.22. The van der Waals surface area contributed by atoms with Crippen LogP contribution in [0.5, 0.6) is 0 Å². The fourth-order valence-corrected chi connectivity index (χ4v) is 1.47. The van der Waals surface area contributed by atoms with Crippen molar-refractivity contribution in [2.45, 2.75) is 13.5 Å². The molecule has 2 rings (SSSR count). The number of nitrogens with one attached hydrogen (secondary N) is 1. The number of aromatic amines is 1. The number of aryl methyl sites for hydroxylation is 1. The van der Waals surface area contributed by atoms with Crippen LogP contribution in [-0.2, 0) is 6.54 Å². The molecular weight excluding hydrogens is 193 g/mol. The van der Waals surface area contributed by atoms with Crippen LogP contribution in [-0.4, -0.2) is 10.2 Å². The lowest BCUT2D eigenvalue weighted by atomic mass is 10.1. The summed E-state index contributed by atoms with van der Waals surface area (Å²) in [4.78, 5) is 0. The van der Waals surface area contributed by atoms with Gasteiger partial charge in [0, 0.05) is 17.8 Å². The third-order valence-corrected chi connectivity index (χ3v) is 2.33. The smallest absolute Gasteiger partial charge is 0.123 e. The van der Waals surface area contributed by atoms with Crippen molar-refractivity contribution in [3.05, 3.63) is 41.3 Å². The second kappa shape index (κ2) is 3.82. The number of aromatic nitrogens is 2. The maximum absolute atomic E-state index is 13.1. The molecule has 3 N–H and O–H groups in total. The van der Waals surface area contributed by atoms with Gasteiger partial charge in [-0.15, -0.1) is 0 Å². The van der Waals surface area contributed by atoms with E-state index in [4.69, 9.17) is 5.73 Å². The zero-order valence-corrected chi connectivity index (χ0v) is 8.42. The van der Waals surface area contributed by atoms with Crippen LogP contribution < -0.4 is 5.73 Å². The normalized spacial score (nSPS) is 10.6. The summed E-state index contributed by atoms with van der Waals surface area (Å²) in [5, 5.41) is 6.89. The number of benzene rings is 1. The first-order valence-corrected chi connectivity index (χ1v) is 4.71. The standard InChI is InChI=1S/C11H12FN3/c1-7-2-3-8(12)4-10(7)11-5-9(6-13)14-15-11/h2-5H,6,13H2,1H3,(H,14,15). The van der Waals surface area contributed by atoms with Gasteiger partial charge in [0.25, 0.3) is 0 Å². The number of halogens is 1. The van der Waals surface area contributed by atoms with E-state index in [-0.39, 0.29) is 5.82 Å². The van der Waals surface area contributed by atoms with E-state index in [0.717, 1.165) is 22.5 Å². The number of rotatable bonds is 2. The molecule has 0 saturated carbocycles. The van der Waals surface area contributed by atoms with E-state index in [9.17, 15) is 4.39 Å². The van der Waals surface area contributed by atoms with E-state index in [0.29, 0.717) is 6.54 Å². The highest BCUT2D eigenvalue weighted by molar-refractivity contribution is 5.63. The molecule has 78 valence electrons. The van der Waals surface area contributed by atoms with E-state index < -0.39 is 0 Å². The Labute approximate surface area is 87.1 Å². The van der Waals surface area contributed by atoms with E-state index in [1.807, 2.05) is 13.0 Å². The Balaban J connectivity index is 2.48. The molecule has 3 nitrogen and oxygen atoms in total. The summed E-state index contributed by atoms with van der Waals surface area (Å²) in [5.74, 6) is -0.257. The molecule has 15 heavy (non-hydrogen) atoms. The monoisotopic (exact) mass is 205 g/mol. The molecule has 0 bridgehead atoms. The SMILES string of the molecule is Cc1ccc(F)cc1-c1cc(CN)[nH]n1. The van der Waals surface area contributed by atoms with Crippen molar-refractivity contribution in [1.29, 1.82) is 0 Å². The van der Waals surface area contributed by atoms with Crippen LogP contribution in [0.2, 0.25) is 0 Å². The van der Waals surface area contributed by atoms with E-state index in [1.165, 1.54) is 12.1 Å². The minimum absolute atomic E-state index is 0.257. The summed E-state index contributed by atoms with van der Waals surface area (Å²) in [5.41, 5.74) is 8.82. The van der Waals surface area contributed by atoms with Gasteiger partial charge >= 0.3 is 0 Å². The van der Waals surface area contributed by atoms with Gasteiger partial charge in [-0.1, -0.05) is 6.07 Å². The lowest BCUT2D eigenvalue weighted by Crippen LogP contribution is -1.95. The molecule has 0 aliphatic heterocycles. The van der Waals surface area contributed by atoms with Gasteiger partial charge in [0.15, 0.2) is 0 Å². The van der Waals surface area contributed by atoms with E-state index in [2.05, 4.69) is 10.2 Å². The molecule has 0 amide bonds. The van der Waals surface area contributed by atoms with Crippen LogP contribution >= 0.6 is 0 Å². The van der Waals surface area contributed by atoms with Crippen molar-refractivity contribution in [1.82, 2.24) is 10.2 Å². The van der Waals surface area contributed by atoms with Crippen molar-refractivity contribution >= 4 is 0 Å². The summed E-state index contributed by atoms with van der Waals surface area (Å²) in [6.07, 6.45) is 0. The molecule has 0 unspecified atom stereocenters. The van der Waals surface area contributed by atoms with Crippen LogP contribution in [0.4, 0.5) is 4.39 Å². The molecule has 0 aliphatic rings. The average Bonchev–Trinajstić information content (AvgIpc) is 2.70. The molecule has 4 heteroatoms. The quantitative estimate of drug-likeness (QED) is 0.787. The zero-order valence-electron chi connectivity index (χ0n) is 8.42. The van der Waals surface area contributed by atoms with Crippen molar-refractivity contribution in [2.24, 2.45) is 5.73 Å². The molecule has 0 fully saturated rings. The van der Waals surface area contributed by atoms with Crippen LogP contribution in [0.1, 0.15) is 11.3 Å². The Bertz CT molecular complexity index is 476. The molecular formula is C11H12FN3. The summed E-state index contributed by atoms with van der Waals surface area (Å²) in [6, 6.07) is 6.49. The van der Waals surface area contributed by atoms with Gasteiger partial charge < -0.3 is 5.73 Å². The summed E-state index contributed by atoms with van der Waals surface area (Å²) >= 11 is 0. The van der Waals surface area contributed by atoms with Crippen molar-refractivity contribution in [2.75, 3.05) is 0 Å². The fourth-order valence-electron chi connectivity index (χ4n) is 1.47. The van der Waals surface area contributed by atoms with Crippen molar-refractivity contribution in [3.63, 3.8) is 0 Å². The largest absolute Gasteiger partial charge is 0.325 e. The minimum atomic E-state index is -0.257. The van der Waals surface area contributed by atoms with E-state index >= 15 is 0 Å². The summed E-state index contributed by atoms with van der Waals surface area (Å²) < 4.78 is 13.1. The van der Waals surface area contributed by atoms with Crippen LogP contribution in [0.25, 0.3) is 11.3 Å². The Hall–Kier alpha value is -1.68. The lowest BCUT2D eigenvalue weighted by molar-refractivity contribution is 0.628. The first kappa shape index (κ1) is 9.86. The second-order valence-corrected chi connectivity index (χ2v) is 3.44. The zero-order chi connectivity index (χ0) is 10.8. The maximum Gasteiger partial charge on any atom is 0.123 e. The van der Waals surface area contributed by atoms with Crippen molar-refractivity contribution < 1.29 is 4.39 Å². The van der Waals surface area contributed by atoms with Gasteiger partial charge in [-0.2, -0.15) is 5.10 Å². The average molecular weight is 205 g/mol. The minimum Gasteiger partial charge on any atom is -0.325 e. The highest BCUT2D eigenvalue weighted by atomic mass is 19.1. The summed E-state index contributed by atoms with van der Waals surface area (Å²) in [6.45, 7) is 2.33. The maximum atomic E-state index is 13.1. The highest BCUT2D eigenvalue weighted by Gasteiger charge is 2.07. The number of nitrogens with zero attached hydrogens (tertiary/aromatic N) is 1. The van der Waals surface area contributed by atoms with Gasteiger partial charge in [-0.3, -0.25) is 5.10 Å². The topological polar surface area (TPSA) is 54.7 Å². The number of nitrogens with two attached hydrogens (primary N) is 1. The molecule has 0 spiro atoms. The van der Waals surface area contributed by atoms with Gasteiger partial charge in [0.2, 0.25) is 0 Å². The van der Waals surface area contributed by atoms with Crippen LogP contribution in [0.3, 0.4) is 0 Å². The Morgan fingerprint density at radius 3 is 2.87 bits per heavy atom. The van der Waals surface area contributed by atoms with Gasteiger partial charge in [-0.05, 0) is 30.7 Å². The van der Waals surface area contributed by atoms with Crippen LogP contribution in [0.15, 0.2) is 24.3 Å². The first-order chi connectivity index (χ1) is 7.20. The second-order valence-electron chi connectivity index (χ2n) is 3.44. The number of H-pyrrole nitrogens is 1. The number of hydrogen-bond acceptors (Lipinski definition) is 2. The van der Waals surface area contributed by atoms with Crippen LogP contribution in [0, 0.1) is 12.7 Å². The van der Waals surface area contributed by atoms with Gasteiger partial charge in [0.1, 0.15) is 5.82 Å². The number of hydrogen-bond donors (Lipinski definition) is 2. The predicted molar refractivity (Wildman–Crippen MR) is 56.6 cm³/mol. The molecule has 2 aromatic rings. The fraction of sp³-hybridized carbons (Fsp3) is 0.182. The third-order valence-electron chi connectivity index (χ3n) is 2.33. The molecule has 0 saturated heterocycles. The molecule has 1 aromatic carbocycles. The summed E-state index contributed by atoms with van der Waals surface area (Å²) in [7, 11) is 0. The molecule has 0 atom stereocenters. The van der Waals surface area contributed by atoms with Gasteiger partial charge in [-0.25, -0.2) is 4.39 Å². The van der Waals surface area contributed by atoms with E-state index in [1.54, 1.807) is 6.07 Å².